The van der Waals surface area contributed by atoms with Crippen LogP contribution in [0.2, 0.25) is 0 Å². The fourth-order valence-corrected chi connectivity index (χ4v) is 3.78. The number of rotatable bonds is 6. The van der Waals surface area contributed by atoms with Crippen LogP contribution in [0.15, 0.2) is 53.4 Å². The number of nitrogens with zero attached hydrogens (tertiary/aromatic N) is 1. The molecule has 0 saturated heterocycles. The SMILES string of the molecule is C#CCC(NS(=O)(=O)c1ccc([N+](=O)[O-])cc1C)c1ccccc1. The molecule has 124 valence electrons. The summed E-state index contributed by atoms with van der Waals surface area (Å²) in [5.41, 5.74) is 0.887. The Labute approximate surface area is 140 Å². The smallest absolute Gasteiger partial charge is 0.258 e. The Morgan fingerprint density at radius 1 is 1.25 bits per heavy atom. The number of aryl methyl sites for hydroxylation is 1. The first-order chi connectivity index (χ1) is 11.3. The van der Waals surface area contributed by atoms with Crippen molar-refractivity contribution in [2.75, 3.05) is 0 Å². The average Bonchev–Trinajstić information content (AvgIpc) is 2.54. The van der Waals surface area contributed by atoms with Crippen LogP contribution in [0.4, 0.5) is 5.69 Å². The number of sulfonamides is 1. The van der Waals surface area contributed by atoms with Gasteiger partial charge in [0.25, 0.3) is 5.69 Å². The summed E-state index contributed by atoms with van der Waals surface area (Å²) in [6.07, 6.45) is 5.54. The van der Waals surface area contributed by atoms with E-state index in [-0.39, 0.29) is 17.0 Å². The summed E-state index contributed by atoms with van der Waals surface area (Å²) in [4.78, 5) is 10.2. The molecule has 2 aromatic carbocycles. The lowest BCUT2D eigenvalue weighted by atomic mass is 10.1. The lowest BCUT2D eigenvalue weighted by Crippen LogP contribution is -2.29. The van der Waals surface area contributed by atoms with Crippen LogP contribution < -0.4 is 4.72 Å². The van der Waals surface area contributed by atoms with Crippen molar-refractivity contribution >= 4 is 15.7 Å². The number of hydrogen-bond acceptors (Lipinski definition) is 4. The Kier molecular flexibility index (Phi) is 5.34. The fraction of sp³-hybridized carbons (Fsp3) is 0.176. The number of non-ortho nitro benzene ring substituents is 1. The molecule has 2 rings (SSSR count). The highest BCUT2D eigenvalue weighted by Crippen LogP contribution is 2.24. The van der Waals surface area contributed by atoms with Gasteiger partial charge in [0.15, 0.2) is 0 Å². The van der Waals surface area contributed by atoms with Gasteiger partial charge in [-0.15, -0.1) is 12.3 Å². The van der Waals surface area contributed by atoms with Gasteiger partial charge in [-0.1, -0.05) is 30.3 Å². The van der Waals surface area contributed by atoms with E-state index >= 15 is 0 Å². The van der Waals surface area contributed by atoms with Crippen molar-refractivity contribution in [2.45, 2.75) is 24.3 Å². The molecule has 0 fully saturated rings. The Morgan fingerprint density at radius 3 is 2.46 bits per heavy atom. The lowest BCUT2D eigenvalue weighted by molar-refractivity contribution is -0.385. The first kappa shape index (κ1) is 17.7. The molecule has 0 radical (unpaired) electrons. The van der Waals surface area contributed by atoms with Crippen molar-refractivity contribution in [2.24, 2.45) is 0 Å². The molecule has 0 aliphatic rings. The van der Waals surface area contributed by atoms with Gasteiger partial charge in [0.05, 0.1) is 15.9 Å². The number of nitro benzene ring substituents is 1. The maximum Gasteiger partial charge on any atom is 0.269 e. The number of nitrogens with one attached hydrogen (secondary N) is 1. The minimum Gasteiger partial charge on any atom is -0.258 e. The highest BCUT2D eigenvalue weighted by Gasteiger charge is 2.23. The van der Waals surface area contributed by atoms with Gasteiger partial charge >= 0.3 is 0 Å². The maximum absolute atomic E-state index is 12.6. The second-order valence-electron chi connectivity index (χ2n) is 5.20. The largest absolute Gasteiger partial charge is 0.269 e. The summed E-state index contributed by atoms with van der Waals surface area (Å²) < 4.78 is 27.9. The summed E-state index contributed by atoms with van der Waals surface area (Å²) in [5.74, 6) is 2.46. The first-order valence-electron chi connectivity index (χ1n) is 7.11. The molecular formula is C17H16N2O4S. The quantitative estimate of drug-likeness (QED) is 0.496. The van der Waals surface area contributed by atoms with Gasteiger partial charge in [-0.2, -0.15) is 0 Å². The van der Waals surface area contributed by atoms with Crippen molar-refractivity contribution in [1.82, 2.24) is 4.72 Å². The second kappa shape index (κ2) is 7.25. The second-order valence-corrected chi connectivity index (χ2v) is 6.88. The molecule has 7 heteroatoms. The van der Waals surface area contributed by atoms with E-state index in [0.29, 0.717) is 5.56 Å². The van der Waals surface area contributed by atoms with E-state index in [9.17, 15) is 18.5 Å². The topological polar surface area (TPSA) is 89.3 Å². The molecule has 0 aromatic heterocycles. The third-order valence-electron chi connectivity index (χ3n) is 3.48. The van der Waals surface area contributed by atoms with E-state index in [0.717, 1.165) is 5.56 Å². The summed E-state index contributed by atoms with van der Waals surface area (Å²) in [6, 6.07) is 12.0. The van der Waals surface area contributed by atoms with Crippen molar-refractivity contribution < 1.29 is 13.3 Å². The molecule has 1 N–H and O–H groups in total. The zero-order valence-corrected chi connectivity index (χ0v) is 13.8. The van der Waals surface area contributed by atoms with Crippen molar-refractivity contribution in [3.05, 3.63) is 69.8 Å². The third-order valence-corrected chi connectivity index (χ3v) is 5.11. The van der Waals surface area contributed by atoms with E-state index in [2.05, 4.69) is 10.6 Å². The monoisotopic (exact) mass is 344 g/mol. The number of hydrogen-bond donors (Lipinski definition) is 1. The normalized spacial score (nSPS) is 12.3. The number of nitro groups is 1. The van der Waals surface area contributed by atoms with Crippen LogP contribution in [0.25, 0.3) is 0 Å². The Bertz CT molecular complexity index is 887. The molecule has 24 heavy (non-hydrogen) atoms. The first-order valence-corrected chi connectivity index (χ1v) is 8.59. The molecule has 2 aromatic rings. The summed E-state index contributed by atoms with van der Waals surface area (Å²) in [5, 5.41) is 10.8. The van der Waals surface area contributed by atoms with Gasteiger partial charge in [-0.3, -0.25) is 10.1 Å². The highest BCUT2D eigenvalue weighted by atomic mass is 32.2. The van der Waals surface area contributed by atoms with Gasteiger partial charge in [-0.25, -0.2) is 13.1 Å². The molecule has 0 amide bonds. The minimum absolute atomic E-state index is 0.00828. The number of terminal acetylenes is 1. The zero-order valence-electron chi connectivity index (χ0n) is 13.0. The van der Waals surface area contributed by atoms with Crippen LogP contribution in [0.5, 0.6) is 0 Å². The van der Waals surface area contributed by atoms with E-state index in [1.807, 2.05) is 6.07 Å². The Hall–Kier alpha value is -2.69. The van der Waals surface area contributed by atoms with Crippen molar-refractivity contribution in [3.8, 4) is 12.3 Å². The zero-order chi connectivity index (χ0) is 17.7. The van der Waals surface area contributed by atoms with Crippen LogP contribution in [-0.2, 0) is 10.0 Å². The predicted octanol–water partition coefficient (Wildman–Crippen LogP) is 2.95. The molecule has 0 bridgehead atoms. The van der Waals surface area contributed by atoms with Crippen LogP contribution in [0.1, 0.15) is 23.6 Å². The third kappa shape index (κ3) is 3.98. The van der Waals surface area contributed by atoms with Gasteiger partial charge in [0, 0.05) is 18.6 Å². The van der Waals surface area contributed by atoms with Crippen LogP contribution in [0.3, 0.4) is 0 Å². The Balaban J connectivity index is 2.36. The van der Waals surface area contributed by atoms with E-state index in [1.54, 1.807) is 24.3 Å². The van der Waals surface area contributed by atoms with Gasteiger partial charge in [-0.05, 0) is 24.1 Å². The standard InChI is InChI=1S/C17H16N2O4S/c1-3-7-16(14-8-5-4-6-9-14)18-24(22,23)17-11-10-15(19(20)21)12-13(17)2/h1,4-6,8-12,16,18H,7H2,2H3. The van der Waals surface area contributed by atoms with E-state index in [1.165, 1.54) is 25.1 Å². The molecule has 1 atom stereocenters. The summed E-state index contributed by atoms with van der Waals surface area (Å²) in [6.45, 7) is 1.51. The molecular weight excluding hydrogens is 328 g/mol. The number of benzene rings is 2. The van der Waals surface area contributed by atoms with Crippen molar-refractivity contribution in [1.29, 1.82) is 0 Å². The summed E-state index contributed by atoms with van der Waals surface area (Å²) >= 11 is 0. The van der Waals surface area contributed by atoms with E-state index < -0.39 is 21.0 Å². The average molecular weight is 344 g/mol. The molecule has 6 nitrogen and oxygen atoms in total. The van der Waals surface area contributed by atoms with E-state index in [4.69, 9.17) is 6.42 Å². The fourth-order valence-electron chi connectivity index (χ4n) is 2.33. The Morgan fingerprint density at radius 2 is 1.92 bits per heavy atom. The van der Waals surface area contributed by atoms with Crippen molar-refractivity contribution in [3.63, 3.8) is 0 Å². The predicted molar refractivity (Wildman–Crippen MR) is 90.8 cm³/mol. The van der Waals surface area contributed by atoms with Gasteiger partial charge in [0.1, 0.15) is 0 Å². The maximum atomic E-state index is 12.6. The molecule has 1 unspecified atom stereocenters. The summed E-state index contributed by atoms with van der Waals surface area (Å²) in [7, 11) is -3.87. The van der Waals surface area contributed by atoms with Gasteiger partial charge in [0.2, 0.25) is 10.0 Å². The van der Waals surface area contributed by atoms with Gasteiger partial charge < -0.3 is 0 Å². The van der Waals surface area contributed by atoms with Crippen LogP contribution >= 0.6 is 0 Å². The van der Waals surface area contributed by atoms with Crippen LogP contribution in [0, 0.1) is 29.4 Å². The molecule has 0 saturated carbocycles. The van der Waals surface area contributed by atoms with Crippen LogP contribution in [-0.4, -0.2) is 13.3 Å². The molecule has 0 heterocycles. The molecule has 0 aliphatic heterocycles. The molecule has 0 spiro atoms. The molecule has 0 aliphatic carbocycles. The minimum atomic E-state index is -3.87. The lowest BCUT2D eigenvalue weighted by Gasteiger charge is -2.18. The highest BCUT2D eigenvalue weighted by molar-refractivity contribution is 7.89.